The van der Waals surface area contributed by atoms with Crippen molar-refractivity contribution < 1.29 is 19.4 Å². The number of aromatic hydroxyl groups is 1. The third kappa shape index (κ3) is 3.06. The number of hydrogen-bond acceptors (Lipinski definition) is 4. The molecule has 31 heavy (non-hydrogen) atoms. The summed E-state index contributed by atoms with van der Waals surface area (Å²) in [6, 6.07) is 14.7. The van der Waals surface area contributed by atoms with Crippen molar-refractivity contribution in [1.82, 2.24) is 15.2 Å². The number of allylic oxidation sites excluding steroid dienone is 3. The van der Waals surface area contributed by atoms with E-state index in [4.69, 9.17) is 4.74 Å². The molecule has 1 aromatic heterocycles. The summed E-state index contributed by atoms with van der Waals surface area (Å²) in [5.41, 5.74) is 1.61. The van der Waals surface area contributed by atoms with Gasteiger partial charge < -0.3 is 19.7 Å². The van der Waals surface area contributed by atoms with Crippen LogP contribution in [0.2, 0.25) is 0 Å². The second-order valence-electron chi connectivity index (χ2n) is 7.77. The number of nitrogens with zero attached hydrogens (tertiary/aromatic N) is 1. The summed E-state index contributed by atoms with van der Waals surface area (Å²) in [6.07, 6.45) is 6.14. The molecule has 0 saturated carbocycles. The van der Waals surface area contributed by atoms with Crippen molar-refractivity contribution in [3.63, 3.8) is 0 Å². The Balaban J connectivity index is 1.51. The molecule has 3 aromatic rings. The smallest absolute Gasteiger partial charge is 0.322 e. The molecule has 5 rings (SSSR count). The molecule has 0 bridgehead atoms. The second kappa shape index (κ2) is 7.05. The highest BCUT2D eigenvalue weighted by Gasteiger charge is 2.50. The number of rotatable bonds is 5. The third-order valence-corrected chi connectivity index (χ3v) is 5.98. The van der Waals surface area contributed by atoms with E-state index in [0.29, 0.717) is 17.6 Å². The topological polar surface area (TPSA) is 92.6 Å². The predicted octanol–water partition coefficient (Wildman–Crippen LogP) is 3.35. The third-order valence-electron chi connectivity index (χ3n) is 5.98. The van der Waals surface area contributed by atoms with Crippen LogP contribution in [-0.2, 0) is 11.3 Å². The number of imide groups is 1. The molecule has 7 nitrogen and oxygen atoms in total. The fourth-order valence-electron chi connectivity index (χ4n) is 4.34. The van der Waals surface area contributed by atoms with E-state index in [1.807, 2.05) is 48.6 Å². The lowest BCUT2D eigenvalue weighted by molar-refractivity contribution is -0.123. The van der Waals surface area contributed by atoms with Crippen LogP contribution in [0.3, 0.4) is 0 Å². The maximum absolute atomic E-state index is 13.0. The standard InChI is InChI=1S/C24H21N3O4/c1-31-19-9-10-20-17(12-19)13-27(21(20)28)14-24(22(29)25-23(30)26-24)18-8-7-16(11-18)15-5-3-2-4-6-15/h2-10,12-13,28H,11,14H2,1H3,(H2,25,26,29,30). The SMILES string of the molecule is COc1ccc2c(O)n(CC3(C4=CC=C(c5ccccc5)C4)NC(=O)NC3=O)cc2c1. The first kappa shape index (κ1) is 19.0. The maximum atomic E-state index is 13.0. The van der Waals surface area contributed by atoms with Crippen LogP contribution < -0.4 is 15.4 Å². The van der Waals surface area contributed by atoms with Gasteiger partial charge in [0, 0.05) is 17.0 Å². The van der Waals surface area contributed by atoms with Crippen molar-refractivity contribution in [2.24, 2.45) is 0 Å². The van der Waals surface area contributed by atoms with Gasteiger partial charge in [0.2, 0.25) is 0 Å². The first-order valence-corrected chi connectivity index (χ1v) is 9.95. The fourth-order valence-corrected chi connectivity index (χ4v) is 4.34. The Morgan fingerprint density at radius 1 is 1.13 bits per heavy atom. The van der Waals surface area contributed by atoms with Gasteiger partial charge in [0.15, 0.2) is 11.4 Å². The van der Waals surface area contributed by atoms with E-state index in [1.54, 1.807) is 30.0 Å². The summed E-state index contributed by atoms with van der Waals surface area (Å²) in [4.78, 5) is 25.1. The number of hydrogen-bond donors (Lipinski definition) is 3. The number of amides is 3. The van der Waals surface area contributed by atoms with Gasteiger partial charge >= 0.3 is 6.03 Å². The Labute approximate surface area is 178 Å². The van der Waals surface area contributed by atoms with Gasteiger partial charge in [0.1, 0.15) is 5.75 Å². The molecule has 0 radical (unpaired) electrons. The molecule has 1 saturated heterocycles. The van der Waals surface area contributed by atoms with E-state index < -0.39 is 17.5 Å². The molecule has 1 fully saturated rings. The van der Waals surface area contributed by atoms with Gasteiger partial charge in [-0.1, -0.05) is 42.5 Å². The Bertz CT molecular complexity index is 1270. The zero-order chi connectivity index (χ0) is 21.6. The van der Waals surface area contributed by atoms with Crippen LogP contribution in [-0.4, -0.2) is 34.3 Å². The number of carbonyl (C=O) groups excluding carboxylic acids is 2. The van der Waals surface area contributed by atoms with Gasteiger partial charge in [-0.2, -0.15) is 0 Å². The molecule has 0 spiro atoms. The number of urea groups is 1. The Morgan fingerprint density at radius 2 is 1.94 bits per heavy atom. The molecular weight excluding hydrogens is 394 g/mol. The number of ether oxygens (including phenoxy) is 1. The molecular formula is C24H21N3O4. The van der Waals surface area contributed by atoms with Crippen LogP contribution in [0.25, 0.3) is 16.3 Å². The van der Waals surface area contributed by atoms with Crippen LogP contribution in [0.1, 0.15) is 12.0 Å². The van der Waals surface area contributed by atoms with E-state index in [9.17, 15) is 14.7 Å². The van der Waals surface area contributed by atoms with E-state index in [1.165, 1.54) is 0 Å². The monoisotopic (exact) mass is 415 g/mol. The van der Waals surface area contributed by atoms with Gasteiger partial charge in [-0.3, -0.25) is 10.1 Å². The molecule has 7 heteroatoms. The molecule has 1 aliphatic heterocycles. The lowest BCUT2D eigenvalue weighted by Gasteiger charge is -2.29. The minimum Gasteiger partial charge on any atom is -0.497 e. The molecule has 2 heterocycles. The molecule has 2 aliphatic rings. The van der Waals surface area contributed by atoms with Gasteiger partial charge in [0.25, 0.3) is 5.91 Å². The van der Waals surface area contributed by atoms with Gasteiger partial charge in [-0.05, 0) is 41.3 Å². The van der Waals surface area contributed by atoms with Crippen molar-refractivity contribution >= 4 is 28.3 Å². The maximum Gasteiger partial charge on any atom is 0.322 e. The minimum absolute atomic E-state index is 0.0285. The summed E-state index contributed by atoms with van der Waals surface area (Å²) in [5, 5.41) is 17.4. The molecule has 3 N–H and O–H groups in total. The lowest BCUT2D eigenvalue weighted by Crippen LogP contribution is -2.51. The highest BCUT2D eigenvalue weighted by Crippen LogP contribution is 2.38. The van der Waals surface area contributed by atoms with Crippen molar-refractivity contribution in [3.05, 3.63) is 78.0 Å². The fraction of sp³-hybridized carbons (Fsp3) is 0.167. The molecule has 2 aromatic carbocycles. The quantitative estimate of drug-likeness (QED) is 0.557. The number of carbonyl (C=O) groups is 2. The van der Waals surface area contributed by atoms with Gasteiger partial charge in [-0.25, -0.2) is 4.79 Å². The average Bonchev–Trinajstić information content (AvgIpc) is 3.46. The number of fused-ring (bicyclic) bond motifs is 1. The summed E-state index contributed by atoms with van der Waals surface area (Å²) >= 11 is 0. The predicted molar refractivity (Wildman–Crippen MR) is 117 cm³/mol. The zero-order valence-electron chi connectivity index (χ0n) is 16.9. The van der Waals surface area contributed by atoms with E-state index in [0.717, 1.165) is 22.1 Å². The highest BCUT2D eigenvalue weighted by molar-refractivity contribution is 6.09. The number of aromatic nitrogens is 1. The first-order valence-electron chi connectivity index (χ1n) is 9.95. The van der Waals surface area contributed by atoms with Crippen LogP contribution in [0.4, 0.5) is 4.79 Å². The number of methoxy groups -OCH3 is 1. The van der Waals surface area contributed by atoms with E-state index in [-0.39, 0.29) is 12.4 Å². The van der Waals surface area contributed by atoms with Crippen LogP contribution in [0.5, 0.6) is 11.6 Å². The average molecular weight is 415 g/mol. The van der Waals surface area contributed by atoms with Gasteiger partial charge in [0.05, 0.1) is 13.7 Å². The second-order valence-corrected chi connectivity index (χ2v) is 7.77. The van der Waals surface area contributed by atoms with E-state index >= 15 is 0 Å². The minimum atomic E-state index is -1.29. The van der Waals surface area contributed by atoms with Crippen molar-refractivity contribution in [2.45, 2.75) is 18.5 Å². The Kier molecular flexibility index (Phi) is 4.32. The largest absolute Gasteiger partial charge is 0.497 e. The summed E-state index contributed by atoms with van der Waals surface area (Å²) in [5.74, 6) is 0.267. The normalized spacial score (nSPS) is 20.4. The zero-order valence-corrected chi connectivity index (χ0v) is 16.9. The van der Waals surface area contributed by atoms with Crippen LogP contribution in [0.15, 0.2) is 72.5 Å². The molecule has 3 amide bonds. The van der Waals surface area contributed by atoms with Gasteiger partial charge in [-0.15, -0.1) is 0 Å². The van der Waals surface area contributed by atoms with Crippen molar-refractivity contribution in [3.8, 4) is 11.6 Å². The summed E-state index contributed by atoms with van der Waals surface area (Å²) < 4.78 is 6.86. The number of nitrogens with one attached hydrogen (secondary N) is 2. The number of benzene rings is 2. The summed E-state index contributed by atoms with van der Waals surface area (Å²) in [7, 11) is 1.58. The Morgan fingerprint density at radius 3 is 2.65 bits per heavy atom. The van der Waals surface area contributed by atoms with Crippen molar-refractivity contribution in [1.29, 1.82) is 0 Å². The molecule has 156 valence electrons. The van der Waals surface area contributed by atoms with Crippen LogP contribution >= 0.6 is 0 Å². The lowest BCUT2D eigenvalue weighted by atomic mass is 9.86. The molecule has 1 aliphatic carbocycles. The Hall–Kier alpha value is -4.00. The first-order chi connectivity index (χ1) is 15.0. The molecule has 1 atom stereocenters. The van der Waals surface area contributed by atoms with E-state index in [2.05, 4.69) is 10.6 Å². The highest BCUT2D eigenvalue weighted by atomic mass is 16.5. The summed E-state index contributed by atoms with van der Waals surface area (Å²) in [6.45, 7) is 0.0646. The van der Waals surface area contributed by atoms with Crippen LogP contribution in [0, 0.1) is 0 Å². The molecule has 1 unspecified atom stereocenters. The van der Waals surface area contributed by atoms with Crippen molar-refractivity contribution in [2.75, 3.05) is 7.11 Å².